The molecule has 0 spiro atoms. The molecule has 0 fully saturated rings. The van der Waals surface area contributed by atoms with E-state index in [4.69, 9.17) is 10.5 Å². The number of hydrogen-bond donors (Lipinski definition) is 2. The van der Waals surface area contributed by atoms with Crippen molar-refractivity contribution in [3.05, 3.63) is 72.7 Å². The van der Waals surface area contributed by atoms with Gasteiger partial charge in [0.15, 0.2) is 5.82 Å². The van der Waals surface area contributed by atoms with Crippen molar-refractivity contribution in [1.82, 2.24) is 15.0 Å². The van der Waals surface area contributed by atoms with Gasteiger partial charge in [-0.05, 0) is 36.1 Å². The fourth-order valence-electron chi connectivity index (χ4n) is 2.68. The summed E-state index contributed by atoms with van der Waals surface area (Å²) >= 11 is 0. The second-order valence-corrected chi connectivity index (χ2v) is 5.86. The molecule has 2 aromatic carbocycles. The largest absolute Gasteiger partial charge is 0.436 e. The predicted molar refractivity (Wildman–Crippen MR) is 103 cm³/mol. The van der Waals surface area contributed by atoms with Crippen LogP contribution in [0.5, 0.6) is 11.6 Å². The Bertz CT molecular complexity index is 1080. The molecule has 0 aliphatic rings. The highest BCUT2D eigenvalue weighted by Gasteiger charge is 2.12. The van der Waals surface area contributed by atoms with E-state index in [1.54, 1.807) is 6.20 Å². The lowest BCUT2D eigenvalue weighted by Gasteiger charge is -2.12. The van der Waals surface area contributed by atoms with Crippen LogP contribution >= 0.6 is 0 Å². The number of pyridine rings is 1. The fourth-order valence-corrected chi connectivity index (χ4v) is 2.68. The number of aryl methyl sites for hydroxylation is 1. The van der Waals surface area contributed by atoms with Crippen LogP contribution in [0.1, 0.15) is 5.56 Å². The summed E-state index contributed by atoms with van der Waals surface area (Å²) in [4.78, 5) is 12.6. The van der Waals surface area contributed by atoms with Crippen molar-refractivity contribution >= 4 is 28.1 Å². The van der Waals surface area contributed by atoms with Crippen molar-refractivity contribution < 1.29 is 4.74 Å². The number of rotatable bonds is 4. The van der Waals surface area contributed by atoms with Gasteiger partial charge in [-0.25, -0.2) is 9.97 Å². The molecule has 0 unspecified atom stereocenters. The number of nitrogens with zero attached hydrogens (tertiary/aromatic N) is 3. The summed E-state index contributed by atoms with van der Waals surface area (Å²) in [7, 11) is 0. The Morgan fingerprint density at radius 3 is 2.69 bits per heavy atom. The van der Waals surface area contributed by atoms with E-state index in [-0.39, 0.29) is 0 Å². The molecule has 26 heavy (non-hydrogen) atoms. The summed E-state index contributed by atoms with van der Waals surface area (Å²) in [6.07, 6.45) is 3.14. The number of hydrogen-bond acceptors (Lipinski definition) is 6. The number of aromatic nitrogens is 3. The molecule has 3 N–H and O–H groups in total. The SMILES string of the molecule is Cc1ccnc(Nc2ncnc(Oc3cccc4ccccc34)c2N)c1. The molecule has 128 valence electrons. The number of ether oxygens (including phenoxy) is 1. The van der Waals surface area contributed by atoms with E-state index < -0.39 is 0 Å². The topological polar surface area (TPSA) is 86.0 Å². The van der Waals surface area contributed by atoms with E-state index in [1.807, 2.05) is 61.5 Å². The van der Waals surface area contributed by atoms with E-state index in [0.29, 0.717) is 29.0 Å². The Labute approximate surface area is 150 Å². The zero-order valence-electron chi connectivity index (χ0n) is 14.2. The molecule has 0 bridgehead atoms. The minimum Gasteiger partial charge on any atom is -0.436 e. The summed E-state index contributed by atoms with van der Waals surface area (Å²) in [5.41, 5.74) is 7.63. The van der Waals surface area contributed by atoms with E-state index in [2.05, 4.69) is 20.3 Å². The van der Waals surface area contributed by atoms with Gasteiger partial charge in [-0.3, -0.25) is 0 Å². The molecule has 0 amide bonds. The normalized spacial score (nSPS) is 10.7. The molecule has 4 rings (SSSR count). The smallest absolute Gasteiger partial charge is 0.248 e. The molecule has 0 aliphatic heterocycles. The van der Waals surface area contributed by atoms with E-state index >= 15 is 0 Å². The Morgan fingerprint density at radius 1 is 0.962 bits per heavy atom. The summed E-state index contributed by atoms with van der Waals surface area (Å²) in [5, 5.41) is 5.18. The molecule has 0 radical (unpaired) electrons. The van der Waals surface area contributed by atoms with Crippen molar-refractivity contribution in [2.45, 2.75) is 6.92 Å². The minimum atomic E-state index is 0.298. The fraction of sp³-hybridized carbons (Fsp3) is 0.0500. The average molecular weight is 343 g/mol. The maximum absolute atomic E-state index is 6.22. The highest BCUT2D eigenvalue weighted by molar-refractivity contribution is 5.88. The second-order valence-electron chi connectivity index (χ2n) is 5.86. The van der Waals surface area contributed by atoms with Crippen LogP contribution in [-0.4, -0.2) is 15.0 Å². The zero-order valence-corrected chi connectivity index (χ0v) is 14.2. The van der Waals surface area contributed by atoms with Crippen molar-refractivity contribution in [3.8, 4) is 11.6 Å². The van der Waals surface area contributed by atoms with Crippen molar-refractivity contribution in [1.29, 1.82) is 0 Å². The quantitative estimate of drug-likeness (QED) is 0.569. The standard InChI is InChI=1S/C20H17N5O/c1-13-9-10-22-17(11-13)25-19-18(21)20(24-12-23-19)26-16-8-4-6-14-5-2-3-7-15(14)16/h2-12H,21H2,1H3,(H,22,23,24,25). The molecule has 0 saturated heterocycles. The van der Waals surface area contributed by atoms with Crippen LogP contribution in [0.2, 0.25) is 0 Å². The second kappa shape index (κ2) is 6.68. The van der Waals surface area contributed by atoms with Gasteiger partial charge in [0.05, 0.1) is 0 Å². The van der Waals surface area contributed by atoms with E-state index in [9.17, 15) is 0 Å². The lowest BCUT2D eigenvalue weighted by atomic mass is 10.1. The third kappa shape index (κ3) is 3.12. The lowest BCUT2D eigenvalue weighted by molar-refractivity contribution is 0.470. The average Bonchev–Trinajstić information content (AvgIpc) is 2.65. The summed E-state index contributed by atoms with van der Waals surface area (Å²) < 4.78 is 5.99. The van der Waals surface area contributed by atoms with Crippen LogP contribution in [0.4, 0.5) is 17.3 Å². The van der Waals surface area contributed by atoms with Gasteiger partial charge >= 0.3 is 0 Å². The molecular formula is C20H17N5O. The molecule has 0 saturated carbocycles. The molecule has 4 aromatic rings. The van der Waals surface area contributed by atoms with Crippen LogP contribution < -0.4 is 15.8 Å². The van der Waals surface area contributed by atoms with Gasteiger partial charge in [0, 0.05) is 11.6 Å². The third-order valence-electron chi connectivity index (χ3n) is 3.97. The minimum absolute atomic E-state index is 0.298. The number of nitrogens with one attached hydrogen (secondary N) is 1. The highest BCUT2D eigenvalue weighted by Crippen LogP contribution is 2.34. The summed E-state index contributed by atoms with van der Waals surface area (Å²) in [5.74, 6) is 2.10. The van der Waals surface area contributed by atoms with Gasteiger partial charge in [0.25, 0.3) is 0 Å². The maximum Gasteiger partial charge on any atom is 0.248 e. The monoisotopic (exact) mass is 343 g/mol. The Hall–Kier alpha value is -3.67. The van der Waals surface area contributed by atoms with Crippen molar-refractivity contribution in [2.24, 2.45) is 0 Å². The Morgan fingerprint density at radius 2 is 1.81 bits per heavy atom. The molecular weight excluding hydrogens is 326 g/mol. The summed E-state index contributed by atoms with van der Waals surface area (Å²) in [6.45, 7) is 1.99. The lowest BCUT2D eigenvalue weighted by Crippen LogP contribution is -2.04. The first-order valence-electron chi connectivity index (χ1n) is 8.16. The van der Waals surface area contributed by atoms with Gasteiger partial charge in [0.2, 0.25) is 5.88 Å². The third-order valence-corrected chi connectivity index (χ3v) is 3.97. The summed E-state index contributed by atoms with van der Waals surface area (Å²) in [6, 6.07) is 17.7. The number of nitrogens with two attached hydrogens (primary N) is 1. The van der Waals surface area contributed by atoms with Crippen LogP contribution in [0, 0.1) is 6.92 Å². The molecule has 0 atom stereocenters. The van der Waals surface area contributed by atoms with Crippen LogP contribution in [0.25, 0.3) is 10.8 Å². The van der Waals surface area contributed by atoms with Crippen LogP contribution in [-0.2, 0) is 0 Å². The van der Waals surface area contributed by atoms with E-state index in [0.717, 1.165) is 16.3 Å². The first kappa shape index (κ1) is 15.8. The van der Waals surface area contributed by atoms with Crippen LogP contribution in [0.3, 0.4) is 0 Å². The van der Waals surface area contributed by atoms with Crippen LogP contribution in [0.15, 0.2) is 67.1 Å². The Kier molecular flexibility index (Phi) is 4.07. The predicted octanol–water partition coefficient (Wildman–Crippen LogP) is 4.45. The zero-order chi connectivity index (χ0) is 17.9. The van der Waals surface area contributed by atoms with Gasteiger partial charge in [-0.1, -0.05) is 36.4 Å². The molecule has 6 nitrogen and oxygen atoms in total. The highest BCUT2D eigenvalue weighted by atomic mass is 16.5. The maximum atomic E-state index is 6.22. The number of anilines is 3. The molecule has 2 heterocycles. The molecule has 2 aromatic heterocycles. The van der Waals surface area contributed by atoms with Gasteiger partial charge < -0.3 is 15.8 Å². The molecule has 0 aliphatic carbocycles. The van der Waals surface area contributed by atoms with Gasteiger partial charge in [0.1, 0.15) is 23.6 Å². The van der Waals surface area contributed by atoms with Gasteiger partial charge in [-0.2, -0.15) is 4.98 Å². The first-order chi connectivity index (χ1) is 12.7. The number of nitrogen functional groups attached to an aromatic ring is 1. The first-order valence-corrected chi connectivity index (χ1v) is 8.16. The number of benzene rings is 2. The van der Waals surface area contributed by atoms with Gasteiger partial charge in [-0.15, -0.1) is 0 Å². The number of fused-ring (bicyclic) bond motifs is 1. The van der Waals surface area contributed by atoms with Crippen molar-refractivity contribution in [3.63, 3.8) is 0 Å². The Balaban J connectivity index is 1.67. The van der Waals surface area contributed by atoms with E-state index in [1.165, 1.54) is 6.33 Å². The van der Waals surface area contributed by atoms with Crippen molar-refractivity contribution in [2.75, 3.05) is 11.1 Å². The molecule has 6 heteroatoms.